The van der Waals surface area contributed by atoms with E-state index in [4.69, 9.17) is 5.11 Å². The van der Waals surface area contributed by atoms with Crippen LogP contribution in [0.5, 0.6) is 0 Å². The van der Waals surface area contributed by atoms with Gasteiger partial charge in [0.15, 0.2) is 0 Å². The van der Waals surface area contributed by atoms with Crippen LogP contribution in [0.25, 0.3) is 0 Å². The van der Waals surface area contributed by atoms with E-state index in [-0.39, 0.29) is 0 Å². The Hall–Kier alpha value is -0.720. The maximum absolute atomic E-state index is 8.42. The Morgan fingerprint density at radius 2 is 2.27 bits per heavy atom. The molecule has 0 saturated heterocycles. The molecule has 0 heterocycles. The normalized spacial score (nSPS) is 13.5. The highest BCUT2D eigenvalue weighted by Crippen LogP contribution is 2.13. The van der Waals surface area contributed by atoms with Crippen molar-refractivity contribution in [3.05, 3.63) is 25.0 Å². The summed E-state index contributed by atoms with van der Waals surface area (Å²) in [6.45, 7) is 5.93. The summed E-state index contributed by atoms with van der Waals surface area (Å²) in [6, 6.07) is 0. The van der Waals surface area contributed by atoms with Crippen molar-refractivity contribution in [2.45, 2.75) is 32.6 Å². The Bertz CT molecular complexity index is 116. The van der Waals surface area contributed by atoms with E-state index in [1.54, 1.807) is 6.08 Å². The van der Waals surface area contributed by atoms with Crippen LogP contribution in [0.2, 0.25) is 0 Å². The van der Waals surface area contributed by atoms with Gasteiger partial charge in [-0.2, -0.15) is 0 Å². The first-order valence-electron chi connectivity index (χ1n) is 4.26. The van der Waals surface area contributed by atoms with Gasteiger partial charge in [0.2, 0.25) is 0 Å². The number of rotatable bonds is 6. The van der Waals surface area contributed by atoms with Gasteiger partial charge in [-0.3, -0.25) is 0 Å². The third kappa shape index (κ3) is 5.71. The average Bonchev–Trinajstić information content (AvgIpc) is 2.05. The second-order valence-electron chi connectivity index (χ2n) is 2.76. The van der Waals surface area contributed by atoms with Gasteiger partial charge in [0.05, 0.1) is 6.26 Å². The second kappa shape index (κ2) is 7.39. The topological polar surface area (TPSA) is 20.2 Å². The first-order valence-corrected chi connectivity index (χ1v) is 4.26. The zero-order valence-electron chi connectivity index (χ0n) is 7.29. The van der Waals surface area contributed by atoms with Crippen molar-refractivity contribution < 1.29 is 5.11 Å². The minimum absolute atomic E-state index is 0.540. The van der Waals surface area contributed by atoms with E-state index in [0.717, 1.165) is 12.7 Å². The van der Waals surface area contributed by atoms with Crippen molar-refractivity contribution in [2.75, 3.05) is 0 Å². The highest BCUT2D eigenvalue weighted by Gasteiger charge is 1.99. The molecule has 0 spiro atoms. The van der Waals surface area contributed by atoms with E-state index >= 15 is 0 Å². The van der Waals surface area contributed by atoms with Gasteiger partial charge in [-0.1, -0.05) is 25.8 Å². The molecule has 64 valence electrons. The third-order valence-electron chi connectivity index (χ3n) is 1.81. The monoisotopic (exact) mass is 154 g/mol. The van der Waals surface area contributed by atoms with Gasteiger partial charge in [0, 0.05) is 0 Å². The number of allylic oxidation sites excluding steroid dienone is 2. The van der Waals surface area contributed by atoms with Crippen LogP contribution in [-0.4, -0.2) is 5.11 Å². The van der Waals surface area contributed by atoms with Crippen LogP contribution in [0.3, 0.4) is 0 Å². The fourth-order valence-corrected chi connectivity index (χ4v) is 1.03. The summed E-state index contributed by atoms with van der Waals surface area (Å²) in [6.07, 6.45) is 9.44. The van der Waals surface area contributed by atoms with Crippen LogP contribution in [0.4, 0.5) is 0 Å². The summed E-state index contributed by atoms with van der Waals surface area (Å²) in [4.78, 5) is 0. The summed E-state index contributed by atoms with van der Waals surface area (Å²) in [5.74, 6) is 0.540. The maximum atomic E-state index is 8.42. The molecule has 0 aliphatic carbocycles. The molecule has 11 heavy (non-hydrogen) atoms. The smallest absolute Gasteiger partial charge is 0.0751 e. The summed E-state index contributed by atoms with van der Waals surface area (Å²) in [7, 11) is 0. The van der Waals surface area contributed by atoms with Gasteiger partial charge >= 0.3 is 0 Å². The molecule has 0 saturated carbocycles. The average molecular weight is 154 g/mol. The zero-order chi connectivity index (χ0) is 8.53. The first kappa shape index (κ1) is 10.3. The van der Waals surface area contributed by atoms with Crippen LogP contribution in [0.15, 0.2) is 25.0 Å². The van der Waals surface area contributed by atoms with Crippen molar-refractivity contribution in [1.29, 1.82) is 0 Å². The summed E-state index contributed by atoms with van der Waals surface area (Å²) < 4.78 is 0. The second-order valence-corrected chi connectivity index (χ2v) is 2.76. The van der Waals surface area contributed by atoms with Gasteiger partial charge in [0.25, 0.3) is 0 Å². The van der Waals surface area contributed by atoms with Crippen LogP contribution in [-0.2, 0) is 0 Å². The minimum atomic E-state index is 0.540. The molecule has 0 aliphatic heterocycles. The van der Waals surface area contributed by atoms with E-state index in [2.05, 4.69) is 13.5 Å². The lowest BCUT2D eigenvalue weighted by Crippen LogP contribution is -1.93. The van der Waals surface area contributed by atoms with Gasteiger partial charge in [-0.05, 0) is 24.8 Å². The molecule has 1 unspecified atom stereocenters. The Labute approximate surface area is 69.4 Å². The lowest BCUT2D eigenvalue weighted by Gasteiger charge is -2.07. The van der Waals surface area contributed by atoms with Crippen LogP contribution < -0.4 is 0 Å². The van der Waals surface area contributed by atoms with Gasteiger partial charge in [0.1, 0.15) is 0 Å². The van der Waals surface area contributed by atoms with Crippen molar-refractivity contribution >= 4 is 0 Å². The van der Waals surface area contributed by atoms with Crippen LogP contribution >= 0.6 is 0 Å². The largest absolute Gasteiger partial charge is 0.516 e. The molecule has 1 heteroatoms. The predicted molar refractivity (Wildman–Crippen MR) is 49.6 cm³/mol. The molecule has 0 aromatic rings. The maximum Gasteiger partial charge on any atom is 0.0751 e. The van der Waals surface area contributed by atoms with Gasteiger partial charge in [-0.25, -0.2) is 0 Å². The highest BCUT2D eigenvalue weighted by atomic mass is 16.2. The first-order chi connectivity index (χ1) is 5.35. The molecule has 0 radical (unpaired) electrons. The van der Waals surface area contributed by atoms with Crippen LogP contribution in [0, 0.1) is 5.92 Å². The Kier molecular flexibility index (Phi) is 6.90. The lowest BCUT2D eigenvalue weighted by molar-refractivity contribution is 0.465. The van der Waals surface area contributed by atoms with Gasteiger partial charge in [-0.15, -0.1) is 6.58 Å². The fourth-order valence-electron chi connectivity index (χ4n) is 1.03. The van der Waals surface area contributed by atoms with Crippen molar-refractivity contribution in [3.8, 4) is 0 Å². The standard InChI is InChI=1S/C10H18O/c1-3-5-7-10(4-2)8-6-9-11/h4,6,9-11H,2-3,5,7-8H2,1H3/b9-6+. The highest BCUT2D eigenvalue weighted by molar-refractivity contribution is 4.86. The number of aliphatic hydroxyl groups is 1. The number of hydrogen-bond donors (Lipinski definition) is 1. The molecular weight excluding hydrogens is 136 g/mol. The molecule has 0 aromatic heterocycles. The van der Waals surface area contributed by atoms with Crippen molar-refractivity contribution in [3.63, 3.8) is 0 Å². The number of unbranched alkanes of at least 4 members (excludes halogenated alkanes) is 1. The SMILES string of the molecule is C=CC(C/C=C/O)CCCC. The van der Waals surface area contributed by atoms with E-state index < -0.39 is 0 Å². The molecule has 0 aromatic carbocycles. The molecule has 0 aliphatic rings. The molecule has 0 rings (SSSR count). The quantitative estimate of drug-likeness (QED) is 0.459. The molecule has 0 bridgehead atoms. The number of aliphatic hydroxyl groups excluding tert-OH is 1. The Morgan fingerprint density at radius 3 is 2.73 bits per heavy atom. The Morgan fingerprint density at radius 1 is 1.55 bits per heavy atom. The van der Waals surface area contributed by atoms with Gasteiger partial charge < -0.3 is 5.11 Å². The minimum Gasteiger partial charge on any atom is -0.516 e. The Balaban J connectivity index is 3.48. The molecule has 1 N–H and O–H groups in total. The summed E-state index contributed by atoms with van der Waals surface area (Å²) >= 11 is 0. The molecular formula is C10H18O. The molecule has 0 fully saturated rings. The fraction of sp³-hybridized carbons (Fsp3) is 0.600. The molecule has 1 atom stereocenters. The molecule has 1 nitrogen and oxygen atoms in total. The summed E-state index contributed by atoms with van der Waals surface area (Å²) in [5, 5.41) is 8.42. The summed E-state index contributed by atoms with van der Waals surface area (Å²) in [5.41, 5.74) is 0. The predicted octanol–water partition coefficient (Wildman–Crippen LogP) is 3.44. The number of hydrogen-bond acceptors (Lipinski definition) is 1. The third-order valence-corrected chi connectivity index (χ3v) is 1.81. The van der Waals surface area contributed by atoms with E-state index in [1.165, 1.54) is 19.3 Å². The molecule has 0 amide bonds. The van der Waals surface area contributed by atoms with E-state index in [9.17, 15) is 0 Å². The van der Waals surface area contributed by atoms with E-state index in [1.807, 2.05) is 6.08 Å². The van der Waals surface area contributed by atoms with Crippen LogP contribution in [0.1, 0.15) is 32.6 Å². The zero-order valence-corrected chi connectivity index (χ0v) is 7.29. The van der Waals surface area contributed by atoms with E-state index in [0.29, 0.717) is 5.92 Å². The van der Waals surface area contributed by atoms with Crippen molar-refractivity contribution in [1.82, 2.24) is 0 Å². The van der Waals surface area contributed by atoms with Crippen molar-refractivity contribution in [2.24, 2.45) is 5.92 Å². The lowest BCUT2D eigenvalue weighted by atomic mass is 9.99.